The maximum atomic E-state index is 13.2. The van der Waals surface area contributed by atoms with Crippen molar-refractivity contribution >= 4 is 5.97 Å². The van der Waals surface area contributed by atoms with Gasteiger partial charge in [-0.05, 0) is 25.1 Å². The quantitative estimate of drug-likeness (QED) is 0.579. The summed E-state index contributed by atoms with van der Waals surface area (Å²) < 4.78 is 23.0. The van der Waals surface area contributed by atoms with Crippen LogP contribution in [0, 0.1) is 5.82 Å². The Bertz CT molecular complexity index is 425. The van der Waals surface area contributed by atoms with E-state index in [0.29, 0.717) is 13.2 Å². The molecular formula is C13H18FNO4. The molecule has 0 aromatic heterocycles. The number of carbonyl (C=O) groups excluding carboxylic acids is 1. The number of halogens is 1. The minimum absolute atomic E-state index is 0.148. The third-order valence-electron chi connectivity index (χ3n) is 2.48. The van der Waals surface area contributed by atoms with E-state index in [0.717, 1.165) is 12.1 Å². The number of nitrogens with one attached hydrogen (secondary N) is 1. The Morgan fingerprint density at radius 2 is 2.26 bits per heavy atom. The fourth-order valence-electron chi connectivity index (χ4n) is 1.61. The molecule has 0 amide bonds. The van der Waals surface area contributed by atoms with Crippen molar-refractivity contribution in [2.75, 3.05) is 26.9 Å². The summed E-state index contributed by atoms with van der Waals surface area (Å²) in [4.78, 5) is 11.8. The summed E-state index contributed by atoms with van der Waals surface area (Å²) in [7, 11) is 1.53. The first kappa shape index (κ1) is 15.4. The first-order chi connectivity index (χ1) is 9.10. The molecule has 1 rings (SSSR count). The van der Waals surface area contributed by atoms with Gasteiger partial charge in [-0.1, -0.05) is 0 Å². The van der Waals surface area contributed by atoms with Crippen molar-refractivity contribution in [1.29, 1.82) is 0 Å². The molecule has 0 heterocycles. The van der Waals surface area contributed by atoms with Crippen LogP contribution in [-0.2, 0) is 14.3 Å². The highest BCUT2D eigenvalue weighted by atomic mass is 19.1. The normalized spacial score (nSPS) is 12.2. The maximum absolute atomic E-state index is 13.2. The lowest BCUT2D eigenvalue weighted by Crippen LogP contribution is -2.32. The van der Waals surface area contributed by atoms with Crippen molar-refractivity contribution in [3.05, 3.63) is 29.6 Å². The number of rotatable bonds is 7. The van der Waals surface area contributed by atoms with E-state index in [2.05, 4.69) is 5.32 Å². The number of esters is 1. The van der Waals surface area contributed by atoms with Gasteiger partial charge in [0.15, 0.2) is 0 Å². The lowest BCUT2D eigenvalue weighted by atomic mass is 10.1. The molecule has 0 radical (unpaired) electrons. The van der Waals surface area contributed by atoms with Crippen LogP contribution in [0.1, 0.15) is 18.5 Å². The van der Waals surface area contributed by atoms with E-state index in [4.69, 9.17) is 9.47 Å². The Hall–Kier alpha value is -1.66. The van der Waals surface area contributed by atoms with Gasteiger partial charge in [0.1, 0.15) is 17.6 Å². The second-order valence-corrected chi connectivity index (χ2v) is 3.84. The van der Waals surface area contributed by atoms with Gasteiger partial charge in [-0.15, -0.1) is 0 Å². The van der Waals surface area contributed by atoms with Crippen LogP contribution in [0.4, 0.5) is 4.39 Å². The lowest BCUT2D eigenvalue weighted by molar-refractivity contribution is -0.146. The third kappa shape index (κ3) is 4.50. The van der Waals surface area contributed by atoms with E-state index in [1.807, 2.05) is 0 Å². The minimum atomic E-state index is -0.925. The summed E-state index contributed by atoms with van der Waals surface area (Å²) in [5, 5.41) is 12.6. The molecule has 0 spiro atoms. The van der Waals surface area contributed by atoms with Crippen molar-refractivity contribution in [1.82, 2.24) is 5.32 Å². The molecule has 0 aliphatic carbocycles. The molecule has 0 bridgehead atoms. The fourth-order valence-corrected chi connectivity index (χ4v) is 1.61. The van der Waals surface area contributed by atoms with Gasteiger partial charge in [0.25, 0.3) is 0 Å². The smallest absolute Gasteiger partial charge is 0.327 e. The molecule has 1 unspecified atom stereocenters. The predicted octanol–water partition coefficient (Wildman–Crippen LogP) is 1.37. The molecule has 1 aromatic carbocycles. The number of benzene rings is 1. The number of phenols is 1. The largest absolute Gasteiger partial charge is 0.508 e. The summed E-state index contributed by atoms with van der Waals surface area (Å²) in [6.45, 7) is 2.63. The average Bonchev–Trinajstić information content (AvgIpc) is 2.38. The van der Waals surface area contributed by atoms with Crippen LogP contribution < -0.4 is 5.32 Å². The van der Waals surface area contributed by atoms with E-state index in [-0.39, 0.29) is 17.9 Å². The summed E-state index contributed by atoms with van der Waals surface area (Å²) in [6, 6.07) is 2.51. The van der Waals surface area contributed by atoms with Gasteiger partial charge < -0.3 is 14.6 Å². The SMILES string of the molecule is CCOC(=O)C(NCCOC)c1cc(F)ccc1O. The van der Waals surface area contributed by atoms with Crippen molar-refractivity contribution in [2.45, 2.75) is 13.0 Å². The van der Waals surface area contributed by atoms with E-state index < -0.39 is 17.8 Å². The molecule has 0 aliphatic heterocycles. The Labute approximate surface area is 111 Å². The Morgan fingerprint density at radius 3 is 2.89 bits per heavy atom. The van der Waals surface area contributed by atoms with Gasteiger partial charge in [-0.25, -0.2) is 9.18 Å². The first-order valence-electron chi connectivity index (χ1n) is 5.97. The number of methoxy groups -OCH3 is 1. The molecule has 6 heteroatoms. The molecule has 19 heavy (non-hydrogen) atoms. The number of carbonyl (C=O) groups is 1. The van der Waals surface area contributed by atoms with Crippen molar-refractivity contribution in [3.8, 4) is 5.75 Å². The average molecular weight is 271 g/mol. The van der Waals surface area contributed by atoms with Gasteiger partial charge in [0.05, 0.1) is 13.2 Å². The van der Waals surface area contributed by atoms with Crippen molar-refractivity contribution in [2.24, 2.45) is 0 Å². The predicted molar refractivity (Wildman–Crippen MR) is 67.3 cm³/mol. The summed E-state index contributed by atoms with van der Waals surface area (Å²) in [6.07, 6.45) is 0. The van der Waals surface area contributed by atoms with E-state index in [1.165, 1.54) is 13.2 Å². The zero-order valence-corrected chi connectivity index (χ0v) is 11.0. The number of aromatic hydroxyl groups is 1. The van der Waals surface area contributed by atoms with Gasteiger partial charge in [0, 0.05) is 19.2 Å². The van der Waals surface area contributed by atoms with Crippen molar-refractivity contribution < 1.29 is 23.8 Å². The van der Waals surface area contributed by atoms with E-state index in [1.54, 1.807) is 6.92 Å². The number of hydrogen-bond donors (Lipinski definition) is 2. The zero-order valence-electron chi connectivity index (χ0n) is 11.0. The van der Waals surface area contributed by atoms with E-state index >= 15 is 0 Å². The number of hydrogen-bond acceptors (Lipinski definition) is 5. The van der Waals surface area contributed by atoms with Crippen LogP contribution in [0.2, 0.25) is 0 Å². The highest BCUT2D eigenvalue weighted by Gasteiger charge is 2.24. The fraction of sp³-hybridized carbons (Fsp3) is 0.462. The number of ether oxygens (including phenoxy) is 2. The van der Waals surface area contributed by atoms with E-state index in [9.17, 15) is 14.3 Å². The minimum Gasteiger partial charge on any atom is -0.508 e. The van der Waals surface area contributed by atoms with Gasteiger partial charge in [-0.3, -0.25) is 5.32 Å². The topological polar surface area (TPSA) is 67.8 Å². The highest BCUT2D eigenvalue weighted by molar-refractivity contribution is 5.78. The maximum Gasteiger partial charge on any atom is 0.327 e. The molecule has 0 saturated carbocycles. The molecular weight excluding hydrogens is 253 g/mol. The van der Waals surface area contributed by atoms with Gasteiger partial charge in [-0.2, -0.15) is 0 Å². The van der Waals surface area contributed by atoms with Gasteiger partial charge >= 0.3 is 5.97 Å². The van der Waals surface area contributed by atoms with Crippen LogP contribution in [0.5, 0.6) is 5.75 Å². The highest BCUT2D eigenvalue weighted by Crippen LogP contribution is 2.25. The number of phenolic OH excluding ortho intramolecular Hbond substituents is 1. The van der Waals surface area contributed by atoms with Crippen LogP contribution in [0.25, 0.3) is 0 Å². The zero-order chi connectivity index (χ0) is 14.3. The van der Waals surface area contributed by atoms with Gasteiger partial charge in [0.2, 0.25) is 0 Å². The second kappa shape index (κ2) is 7.70. The standard InChI is InChI=1S/C13H18FNO4/c1-3-19-13(17)12(15-6-7-18-2)10-8-9(14)4-5-11(10)16/h4-5,8,12,15-16H,3,6-7H2,1-2H3. The Balaban J connectivity index is 2.93. The molecule has 0 aliphatic rings. The van der Waals surface area contributed by atoms with Crippen molar-refractivity contribution in [3.63, 3.8) is 0 Å². The summed E-state index contributed by atoms with van der Waals surface area (Å²) >= 11 is 0. The molecule has 0 fully saturated rings. The second-order valence-electron chi connectivity index (χ2n) is 3.84. The Morgan fingerprint density at radius 1 is 1.53 bits per heavy atom. The summed E-state index contributed by atoms with van der Waals surface area (Å²) in [5.41, 5.74) is 0.148. The molecule has 106 valence electrons. The van der Waals surface area contributed by atoms with Crippen LogP contribution in [-0.4, -0.2) is 37.9 Å². The first-order valence-corrected chi connectivity index (χ1v) is 5.97. The molecule has 1 aromatic rings. The molecule has 1 atom stereocenters. The third-order valence-corrected chi connectivity index (χ3v) is 2.48. The van der Waals surface area contributed by atoms with Crippen LogP contribution >= 0.6 is 0 Å². The van der Waals surface area contributed by atoms with Crippen LogP contribution in [0.15, 0.2) is 18.2 Å². The lowest BCUT2D eigenvalue weighted by Gasteiger charge is -2.18. The van der Waals surface area contributed by atoms with Crippen LogP contribution in [0.3, 0.4) is 0 Å². The molecule has 0 saturated heterocycles. The monoisotopic (exact) mass is 271 g/mol. The molecule has 2 N–H and O–H groups in total. The summed E-state index contributed by atoms with van der Waals surface area (Å²) in [5.74, 6) is -1.26. The Kier molecular flexibility index (Phi) is 6.24. The molecule has 5 nitrogen and oxygen atoms in total.